The molecule has 0 aliphatic rings. The van der Waals surface area contributed by atoms with Gasteiger partial charge in [-0.25, -0.2) is 8.42 Å². The Balaban J connectivity index is 1.57. The molecule has 0 atom stereocenters. The van der Waals surface area contributed by atoms with E-state index in [9.17, 15) is 8.42 Å². The van der Waals surface area contributed by atoms with Gasteiger partial charge in [-0.1, -0.05) is 59.6 Å². The number of halogens is 1. The number of rotatable bonds is 8. The van der Waals surface area contributed by atoms with Gasteiger partial charge in [0.05, 0.1) is 23.3 Å². The molecule has 33 heavy (non-hydrogen) atoms. The minimum atomic E-state index is -3.75. The SMILES string of the molecule is Cc1ccc(N=Cc2ccc(CN(Cc3ccc(Cl)cc3)S(=O)(=O)c3ccccc3)o2)cc1. The van der Waals surface area contributed by atoms with Crippen molar-refractivity contribution in [1.29, 1.82) is 0 Å². The number of benzene rings is 3. The smallest absolute Gasteiger partial charge is 0.243 e. The Bertz CT molecular complexity index is 1330. The van der Waals surface area contributed by atoms with Gasteiger partial charge in [-0.05, 0) is 61.0 Å². The van der Waals surface area contributed by atoms with Crippen LogP contribution in [0.4, 0.5) is 5.69 Å². The van der Waals surface area contributed by atoms with Gasteiger partial charge < -0.3 is 4.42 Å². The lowest BCUT2D eigenvalue weighted by atomic mass is 10.2. The minimum Gasteiger partial charge on any atom is -0.459 e. The molecular weight excluding hydrogens is 456 g/mol. The van der Waals surface area contributed by atoms with Crippen LogP contribution in [0, 0.1) is 6.92 Å². The van der Waals surface area contributed by atoms with Crippen molar-refractivity contribution < 1.29 is 12.8 Å². The fraction of sp³-hybridized carbons (Fsp3) is 0.115. The molecule has 0 spiro atoms. The molecule has 5 nitrogen and oxygen atoms in total. The Morgan fingerprint density at radius 1 is 0.879 bits per heavy atom. The normalized spacial score (nSPS) is 12.0. The highest BCUT2D eigenvalue weighted by Crippen LogP contribution is 2.23. The molecule has 0 N–H and O–H groups in total. The van der Waals surface area contributed by atoms with Crippen molar-refractivity contribution in [1.82, 2.24) is 4.31 Å². The van der Waals surface area contributed by atoms with Crippen LogP contribution in [0.5, 0.6) is 0 Å². The average Bonchev–Trinajstić information content (AvgIpc) is 3.27. The first-order chi connectivity index (χ1) is 15.9. The zero-order valence-corrected chi connectivity index (χ0v) is 19.6. The van der Waals surface area contributed by atoms with Crippen LogP contribution in [0.25, 0.3) is 0 Å². The summed E-state index contributed by atoms with van der Waals surface area (Å²) >= 11 is 5.99. The second-order valence-electron chi connectivity index (χ2n) is 7.61. The summed E-state index contributed by atoms with van der Waals surface area (Å²) in [7, 11) is -3.75. The molecular formula is C26H23ClN2O3S. The Hall–Kier alpha value is -3.19. The molecule has 1 aromatic heterocycles. The fourth-order valence-electron chi connectivity index (χ4n) is 3.25. The second-order valence-corrected chi connectivity index (χ2v) is 9.98. The topological polar surface area (TPSA) is 62.9 Å². The van der Waals surface area contributed by atoms with Gasteiger partial charge in [0.25, 0.3) is 0 Å². The Labute approximate surface area is 199 Å². The van der Waals surface area contributed by atoms with E-state index in [1.165, 1.54) is 4.31 Å². The van der Waals surface area contributed by atoms with E-state index < -0.39 is 10.0 Å². The molecule has 4 rings (SSSR count). The molecule has 1 heterocycles. The first-order valence-corrected chi connectivity index (χ1v) is 12.2. The van der Waals surface area contributed by atoms with E-state index in [4.69, 9.17) is 16.0 Å². The van der Waals surface area contributed by atoms with E-state index in [-0.39, 0.29) is 18.0 Å². The molecule has 0 radical (unpaired) electrons. The standard InChI is InChI=1S/C26H23ClN2O3S/c1-20-7-13-23(14-8-20)28-17-24-15-16-25(32-24)19-29(18-21-9-11-22(27)12-10-21)33(30,31)26-5-3-2-4-6-26/h2-17H,18-19H2,1H3. The number of aliphatic imine (C=N–C) groups is 1. The second kappa shape index (κ2) is 10.2. The van der Waals surface area contributed by atoms with Crippen LogP contribution in [-0.2, 0) is 23.1 Å². The van der Waals surface area contributed by atoms with Gasteiger partial charge in [0.1, 0.15) is 11.5 Å². The van der Waals surface area contributed by atoms with Crippen LogP contribution in [0.3, 0.4) is 0 Å². The van der Waals surface area contributed by atoms with Crippen LogP contribution in [0.2, 0.25) is 5.02 Å². The highest BCUT2D eigenvalue weighted by Gasteiger charge is 2.26. The van der Waals surface area contributed by atoms with Gasteiger partial charge in [-0.15, -0.1) is 0 Å². The quantitative estimate of drug-likeness (QED) is 0.276. The maximum absolute atomic E-state index is 13.4. The van der Waals surface area contributed by atoms with Crippen LogP contribution in [-0.4, -0.2) is 18.9 Å². The van der Waals surface area contributed by atoms with Crippen LogP contribution in [0.1, 0.15) is 22.6 Å². The maximum atomic E-state index is 13.4. The Morgan fingerprint density at radius 2 is 1.58 bits per heavy atom. The zero-order chi connectivity index (χ0) is 23.3. The number of furan rings is 1. The summed E-state index contributed by atoms with van der Waals surface area (Å²) in [4.78, 5) is 4.65. The highest BCUT2D eigenvalue weighted by atomic mass is 35.5. The van der Waals surface area contributed by atoms with Crippen molar-refractivity contribution in [2.75, 3.05) is 0 Å². The largest absolute Gasteiger partial charge is 0.459 e. The molecule has 168 valence electrons. The monoisotopic (exact) mass is 478 g/mol. The summed E-state index contributed by atoms with van der Waals surface area (Å²) in [5.41, 5.74) is 2.80. The van der Waals surface area contributed by atoms with E-state index in [1.54, 1.807) is 60.8 Å². The summed E-state index contributed by atoms with van der Waals surface area (Å²) in [6.45, 7) is 2.28. The van der Waals surface area contributed by atoms with E-state index >= 15 is 0 Å². The number of sulfonamides is 1. The van der Waals surface area contributed by atoms with Crippen LogP contribution >= 0.6 is 11.6 Å². The third kappa shape index (κ3) is 5.99. The van der Waals surface area contributed by atoms with Crippen molar-refractivity contribution in [2.45, 2.75) is 24.9 Å². The van der Waals surface area contributed by atoms with Crippen LogP contribution in [0.15, 0.2) is 105 Å². The van der Waals surface area contributed by atoms with Gasteiger partial charge in [0, 0.05) is 11.6 Å². The Morgan fingerprint density at radius 3 is 2.27 bits per heavy atom. The molecule has 3 aromatic carbocycles. The van der Waals surface area contributed by atoms with Crippen LogP contribution < -0.4 is 0 Å². The first kappa shape index (κ1) is 23.0. The van der Waals surface area contributed by atoms with E-state index in [0.717, 1.165) is 16.8 Å². The lowest BCUT2D eigenvalue weighted by Crippen LogP contribution is -2.30. The molecule has 0 aliphatic heterocycles. The molecule has 0 unspecified atom stereocenters. The van der Waals surface area contributed by atoms with Crippen molar-refractivity contribution in [3.05, 3.63) is 119 Å². The fourth-order valence-corrected chi connectivity index (χ4v) is 4.79. The predicted molar refractivity (Wildman–Crippen MR) is 131 cm³/mol. The molecule has 0 bridgehead atoms. The van der Waals surface area contributed by atoms with Gasteiger partial charge in [0.2, 0.25) is 10.0 Å². The number of hydrogen-bond acceptors (Lipinski definition) is 4. The van der Waals surface area contributed by atoms with E-state index in [1.807, 2.05) is 43.3 Å². The van der Waals surface area contributed by atoms with Crippen molar-refractivity contribution in [3.8, 4) is 0 Å². The lowest BCUT2D eigenvalue weighted by molar-refractivity contribution is 0.357. The highest BCUT2D eigenvalue weighted by molar-refractivity contribution is 7.89. The van der Waals surface area contributed by atoms with Gasteiger partial charge in [0.15, 0.2) is 0 Å². The summed E-state index contributed by atoms with van der Waals surface area (Å²) in [5.74, 6) is 1.07. The molecule has 4 aromatic rings. The van der Waals surface area contributed by atoms with Crippen molar-refractivity contribution >= 4 is 33.5 Å². The van der Waals surface area contributed by atoms with Crippen molar-refractivity contribution in [2.24, 2.45) is 4.99 Å². The molecule has 0 saturated carbocycles. The third-order valence-corrected chi connectivity index (χ3v) is 7.10. The first-order valence-electron chi connectivity index (χ1n) is 10.4. The van der Waals surface area contributed by atoms with E-state index in [2.05, 4.69) is 4.99 Å². The Kier molecular flexibility index (Phi) is 7.08. The number of hydrogen-bond donors (Lipinski definition) is 0. The minimum absolute atomic E-state index is 0.0816. The van der Waals surface area contributed by atoms with Gasteiger partial charge in [-0.2, -0.15) is 4.31 Å². The summed E-state index contributed by atoms with van der Waals surface area (Å²) in [6.07, 6.45) is 1.63. The van der Waals surface area contributed by atoms with Gasteiger partial charge in [-0.3, -0.25) is 4.99 Å². The zero-order valence-electron chi connectivity index (χ0n) is 18.1. The lowest BCUT2D eigenvalue weighted by Gasteiger charge is -2.21. The predicted octanol–water partition coefficient (Wildman–Crippen LogP) is 6.38. The third-order valence-electron chi connectivity index (χ3n) is 5.04. The number of aryl methyl sites for hydroxylation is 1. The van der Waals surface area contributed by atoms with E-state index in [0.29, 0.717) is 16.5 Å². The summed E-state index contributed by atoms with van der Waals surface area (Å²) < 4.78 is 34.0. The molecule has 0 amide bonds. The molecule has 7 heteroatoms. The maximum Gasteiger partial charge on any atom is 0.243 e. The summed E-state index contributed by atoms with van der Waals surface area (Å²) in [5, 5.41) is 0.597. The summed E-state index contributed by atoms with van der Waals surface area (Å²) in [6, 6.07) is 26.9. The molecule has 0 saturated heterocycles. The van der Waals surface area contributed by atoms with Gasteiger partial charge >= 0.3 is 0 Å². The molecule has 0 aliphatic carbocycles. The van der Waals surface area contributed by atoms with Crippen molar-refractivity contribution in [3.63, 3.8) is 0 Å². The number of nitrogens with zero attached hydrogens (tertiary/aromatic N) is 2. The average molecular weight is 479 g/mol. The molecule has 0 fully saturated rings.